The highest BCUT2D eigenvalue weighted by atomic mass is 32.1. The Hall–Kier alpha value is -4.35. The maximum Gasteiger partial charge on any atom is 0.453 e. The average Bonchev–Trinajstić information content (AvgIpc) is 3.46. The van der Waals surface area contributed by atoms with Gasteiger partial charge >= 0.3 is 18.1 Å². The number of carboxylic acid groups (broad SMARTS) is 1. The second-order valence-corrected chi connectivity index (χ2v) is 12.8. The molecule has 2 aliphatic rings. The van der Waals surface area contributed by atoms with Crippen molar-refractivity contribution in [3.8, 4) is 11.5 Å². The first-order valence-corrected chi connectivity index (χ1v) is 14.6. The number of carboxylic acids is 1. The summed E-state index contributed by atoms with van der Waals surface area (Å²) in [6, 6.07) is 0. The SMILES string of the molecule is Cn1ncc2c(-c3nc(N)c4c(n3)NC(=O)C4(c3nc(CC(C)(C)C(=O)O)cs3)C3CC3)nc(CCC(F)(F)C(F)(F)F)nc21. The highest BCUT2D eigenvalue weighted by molar-refractivity contribution is 7.10. The summed E-state index contributed by atoms with van der Waals surface area (Å²) in [5.74, 6) is -6.99. The Morgan fingerprint density at radius 2 is 1.87 bits per heavy atom. The lowest BCUT2D eigenvalue weighted by atomic mass is 9.78. The van der Waals surface area contributed by atoms with Crippen molar-refractivity contribution in [3.05, 3.63) is 33.7 Å². The predicted molar refractivity (Wildman–Crippen MR) is 150 cm³/mol. The monoisotopic (exact) mass is 651 g/mol. The van der Waals surface area contributed by atoms with Crippen LogP contribution in [0.15, 0.2) is 11.6 Å². The van der Waals surface area contributed by atoms with Crippen LogP contribution in [0.1, 0.15) is 55.2 Å². The number of aromatic nitrogens is 7. The van der Waals surface area contributed by atoms with Gasteiger partial charge in [-0.3, -0.25) is 14.3 Å². The van der Waals surface area contributed by atoms with Crippen LogP contribution >= 0.6 is 11.3 Å². The molecule has 6 rings (SSSR count). The number of halogens is 5. The predicted octanol–water partition coefficient (Wildman–Crippen LogP) is 4.29. The molecular formula is C27H26F5N9O3S. The van der Waals surface area contributed by atoms with Crippen molar-refractivity contribution in [2.75, 3.05) is 11.1 Å². The number of fused-ring (bicyclic) bond motifs is 2. The Morgan fingerprint density at radius 1 is 1.16 bits per heavy atom. The molecule has 4 aromatic heterocycles. The summed E-state index contributed by atoms with van der Waals surface area (Å²) in [5.41, 5.74) is 5.04. The highest BCUT2D eigenvalue weighted by Crippen LogP contribution is 2.58. The molecule has 238 valence electrons. The third-order valence-electron chi connectivity index (χ3n) is 8.13. The Bertz CT molecular complexity index is 1870. The fourth-order valence-electron chi connectivity index (χ4n) is 5.53. The summed E-state index contributed by atoms with van der Waals surface area (Å²) in [7, 11) is 1.51. The van der Waals surface area contributed by atoms with E-state index in [1.165, 1.54) is 29.3 Å². The number of rotatable bonds is 9. The fourth-order valence-corrected chi connectivity index (χ4v) is 6.63. The quantitative estimate of drug-likeness (QED) is 0.222. The highest BCUT2D eigenvalue weighted by Gasteiger charge is 2.61. The number of nitrogens with two attached hydrogens (primary N) is 1. The van der Waals surface area contributed by atoms with E-state index in [2.05, 4.69) is 35.3 Å². The lowest BCUT2D eigenvalue weighted by Crippen LogP contribution is -2.38. The average molecular weight is 652 g/mol. The van der Waals surface area contributed by atoms with Crippen molar-refractivity contribution in [3.63, 3.8) is 0 Å². The van der Waals surface area contributed by atoms with E-state index in [9.17, 15) is 36.6 Å². The van der Waals surface area contributed by atoms with Gasteiger partial charge in [0.2, 0.25) is 5.91 Å². The van der Waals surface area contributed by atoms with E-state index >= 15 is 0 Å². The lowest BCUT2D eigenvalue weighted by molar-refractivity contribution is -0.284. The summed E-state index contributed by atoms with van der Waals surface area (Å²) >= 11 is 1.21. The number of nitrogen functional groups attached to an aromatic ring is 1. The molecule has 12 nitrogen and oxygen atoms in total. The molecule has 1 aliphatic heterocycles. The van der Waals surface area contributed by atoms with Crippen molar-refractivity contribution in [1.82, 2.24) is 34.7 Å². The van der Waals surface area contributed by atoms with Crippen LogP contribution in [0.3, 0.4) is 0 Å². The summed E-state index contributed by atoms with van der Waals surface area (Å²) in [6.45, 7) is 3.16. The molecule has 0 saturated heterocycles. The van der Waals surface area contributed by atoms with E-state index in [1.54, 1.807) is 19.2 Å². The normalized spacial score (nSPS) is 18.8. The minimum absolute atomic E-state index is 0.0152. The minimum atomic E-state index is -5.74. The second kappa shape index (κ2) is 10.1. The molecule has 0 radical (unpaired) electrons. The van der Waals surface area contributed by atoms with Gasteiger partial charge in [0, 0.05) is 31.7 Å². The van der Waals surface area contributed by atoms with Crippen molar-refractivity contribution in [1.29, 1.82) is 0 Å². The molecule has 1 amide bonds. The maximum absolute atomic E-state index is 13.8. The first-order chi connectivity index (χ1) is 21.0. The number of alkyl halides is 5. The smallest absolute Gasteiger partial charge is 0.453 e. The number of hydrogen-bond donors (Lipinski definition) is 3. The van der Waals surface area contributed by atoms with Gasteiger partial charge in [-0.2, -0.15) is 27.1 Å². The van der Waals surface area contributed by atoms with Crippen molar-refractivity contribution >= 4 is 45.9 Å². The van der Waals surface area contributed by atoms with Crippen LogP contribution in [0.4, 0.5) is 33.6 Å². The maximum atomic E-state index is 13.8. The van der Waals surface area contributed by atoms with E-state index in [1.807, 2.05) is 0 Å². The van der Waals surface area contributed by atoms with E-state index in [0.29, 0.717) is 29.1 Å². The molecule has 0 aromatic carbocycles. The third kappa shape index (κ3) is 4.94. The zero-order valence-electron chi connectivity index (χ0n) is 24.0. The molecule has 0 spiro atoms. The molecule has 1 saturated carbocycles. The number of nitrogens with one attached hydrogen (secondary N) is 1. The molecule has 1 aliphatic carbocycles. The number of anilines is 2. The van der Waals surface area contributed by atoms with Crippen LogP contribution in [-0.4, -0.2) is 63.8 Å². The van der Waals surface area contributed by atoms with Gasteiger partial charge in [0.05, 0.1) is 28.3 Å². The summed E-state index contributed by atoms with van der Waals surface area (Å²) < 4.78 is 67.1. The summed E-state index contributed by atoms with van der Waals surface area (Å²) in [5, 5.41) is 18.9. The van der Waals surface area contributed by atoms with Crippen LogP contribution in [0.5, 0.6) is 0 Å². The first-order valence-electron chi connectivity index (χ1n) is 13.8. The molecule has 45 heavy (non-hydrogen) atoms. The molecule has 1 unspecified atom stereocenters. The van der Waals surface area contributed by atoms with Gasteiger partial charge in [-0.25, -0.2) is 24.9 Å². The minimum Gasteiger partial charge on any atom is -0.481 e. The van der Waals surface area contributed by atoms with Gasteiger partial charge in [0.15, 0.2) is 11.5 Å². The Labute approximate surface area is 255 Å². The second-order valence-electron chi connectivity index (χ2n) is 11.9. The number of amides is 1. The van der Waals surface area contributed by atoms with Crippen molar-refractivity contribution in [2.45, 2.75) is 63.5 Å². The topological polar surface area (TPSA) is 175 Å². The van der Waals surface area contributed by atoms with Crippen LogP contribution < -0.4 is 11.1 Å². The van der Waals surface area contributed by atoms with Gasteiger partial charge in [-0.15, -0.1) is 11.3 Å². The Balaban J connectivity index is 1.43. The van der Waals surface area contributed by atoms with E-state index < -0.39 is 47.6 Å². The number of aryl methyl sites for hydroxylation is 2. The molecule has 5 heterocycles. The van der Waals surface area contributed by atoms with Gasteiger partial charge in [0.1, 0.15) is 33.6 Å². The van der Waals surface area contributed by atoms with Crippen molar-refractivity contribution in [2.24, 2.45) is 18.4 Å². The van der Waals surface area contributed by atoms with E-state index in [4.69, 9.17) is 5.73 Å². The molecule has 18 heteroatoms. The molecule has 4 aromatic rings. The van der Waals surface area contributed by atoms with Crippen molar-refractivity contribution < 1.29 is 36.6 Å². The molecule has 4 N–H and O–H groups in total. The Morgan fingerprint density at radius 3 is 2.51 bits per heavy atom. The summed E-state index contributed by atoms with van der Waals surface area (Å²) in [6.07, 6.45) is -5.24. The zero-order valence-corrected chi connectivity index (χ0v) is 24.9. The van der Waals surface area contributed by atoms with Crippen LogP contribution in [0.25, 0.3) is 22.6 Å². The van der Waals surface area contributed by atoms with Crippen LogP contribution in [-0.2, 0) is 34.9 Å². The number of aliphatic carboxylic acids is 1. The number of nitrogens with zero attached hydrogens (tertiary/aromatic N) is 7. The fraction of sp³-hybridized carbons (Fsp3) is 0.481. The number of carbonyl (C=O) groups excluding carboxylic acids is 1. The third-order valence-corrected chi connectivity index (χ3v) is 9.16. The molecule has 0 bridgehead atoms. The number of hydrogen-bond acceptors (Lipinski definition) is 10. The standard InChI is InChI=1S/C27H26F5N9O3S/c1-24(2,23(43)44)8-12-10-45-22(35-12)26(11-4-5-11)15-17(33)38-19(39-18(15)40-21(26)42)16-13-9-34-41(3)20(13)37-14(36-16)6-7-25(28,29)27(30,31)32/h9-11H,4-8H2,1-3H3,(H,43,44)(H3,33,38,39,40,42). The lowest BCUT2D eigenvalue weighted by Gasteiger charge is -2.25. The summed E-state index contributed by atoms with van der Waals surface area (Å²) in [4.78, 5) is 47.5. The van der Waals surface area contributed by atoms with E-state index in [-0.39, 0.29) is 52.4 Å². The molecule has 1 fully saturated rings. The van der Waals surface area contributed by atoms with Gasteiger partial charge in [-0.1, -0.05) is 0 Å². The van der Waals surface area contributed by atoms with E-state index in [0.717, 1.165) is 0 Å². The number of thiazole rings is 1. The van der Waals surface area contributed by atoms with Gasteiger partial charge < -0.3 is 16.2 Å². The molecule has 1 atom stereocenters. The van der Waals surface area contributed by atoms with Crippen LogP contribution in [0, 0.1) is 11.3 Å². The van der Waals surface area contributed by atoms with Gasteiger partial charge in [0.25, 0.3) is 0 Å². The number of carbonyl (C=O) groups is 2. The largest absolute Gasteiger partial charge is 0.481 e. The van der Waals surface area contributed by atoms with Gasteiger partial charge in [-0.05, 0) is 32.6 Å². The molecular weight excluding hydrogens is 625 g/mol. The Kier molecular flexibility index (Phi) is 6.87. The zero-order chi connectivity index (χ0) is 32.7. The van der Waals surface area contributed by atoms with Crippen LogP contribution in [0.2, 0.25) is 0 Å². The first kappa shape index (κ1) is 30.7.